The Bertz CT molecular complexity index is 888. The topological polar surface area (TPSA) is 64.6 Å². The van der Waals surface area contributed by atoms with Gasteiger partial charge in [0, 0.05) is 21.1 Å². The molecule has 0 radical (unpaired) electrons. The molecule has 2 aromatic rings. The molecule has 1 amide bonds. The zero-order chi connectivity index (χ0) is 20.0. The molecule has 1 N–H and O–H groups in total. The van der Waals surface area contributed by atoms with Gasteiger partial charge in [-0.05, 0) is 49.4 Å². The molecule has 1 unspecified atom stereocenters. The fourth-order valence-corrected chi connectivity index (χ4v) is 2.63. The van der Waals surface area contributed by atoms with Crippen molar-refractivity contribution in [3.8, 4) is 5.75 Å². The van der Waals surface area contributed by atoms with E-state index in [0.717, 1.165) is 6.08 Å². The van der Waals surface area contributed by atoms with Gasteiger partial charge in [-0.3, -0.25) is 4.79 Å². The number of carbonyl (C=O) groups is 2. The Morgan fingerprint density at radius 2 is 2.00 bits per heavy atom. The van der Waals surface area contributed by atoms with Gasteiger partial charge in [0.25, 0.3) is 5.91 Å². The molecule has 0 aliphatic carbocycles. The van der Waals surface area contributed by atoms with Crippen LogP contribution in [0.2, 0.25) is 5.02 Å². The first-order valence-corrected chi connectivity index (χ1v) is 8.95. The van der Waals surface area contributed by atoms with Gasteiger partial charge < -0.3 is 14.8 Å². The third-order valence-electron chi connectivity index (χ3n) is 3.44. The highest BCUT2D eigenvalue weighted by molar-refractivity contribution is 9.10. The van der Waals surface area contributed by atoms with Crippen molar-refractivity contribution in [3.63, 3.8) is 0 Å². The summed E-state index contributed by atoms with van der Waals surface area (Å²) in [5.41, 5.74) is 0.562. The minimum atomic E-state index is -1.09. The molecule has 2 rings (SSSR count). The summed E-state index contributed by atoms with van der Waals surface area (Å²) in [4.78, 5) is 24.1. The van der Waals surface area contributed by atoms with E-state index in [-0.39, 0.29) is 5.56 Å². The Labute approximate surface area is 169 Å². The Morgan fingerprint density at radius 1 is 1.26 bits per heavy atom. The number of hydrogen-bond acceptors (Lipinski definition) is 4. The summed E-state index contributed by atoms with van der Waals surface area (Å²) in [6.45, 7) is 1.41. The molecule has 142 valence electrons. The van der Waals surface area contributed by atoms with Crippen molar-refractivity contribution in [2.24, 2.45) is 0 Å². The maximum absolute atomic E-state index is 13.6. The third kappa shape index (κ3) is 6.08. The zero-order valence-electron chi connectivity index (χ0n) is 14.5. The van der Waals surface area contributed by atoms with E-state index >= 15 is 0 Å². The van der Waals surface area contributed by atoms with Crippen molar-refractivity contribution in [2.75, 3.05) is 12.4 Å². The van der Waals surface area contributed by atoms with Gasteiger partial charge in [0.2, 0.25) is 0 Å². The third-order valence-corrected chi connectivity index (χ3v) is 4.17. The van der Waals surface area contributed by atoms with Crippen molar-refractivity contribution in [2.45, 2.75) is 13.0 Å². The SMILES string of the molecule is COc1ccc(Cl)cc1NC(=O)C(C)OC(=O)/C=C/c1cc(Br)ccc1F. The number of benzene rings is 2. The van der Waals surface area contributed by atoms with E-state index in [9.17, 15) is 14.0 Å². The van der Waals surface area contributed by atoms with Crippen molar-refractivity contribution < 1.29 is 23.5 Å². The largest absolute Gasteiger partial charge is 0.495 e. The highest BCUT2D eigenvalue weighted by Gasteiger charge is 2.18. The number of rotatable bonds is 6. The number of amides is 1. The van der Waals surface area contributed by atoms with Gasteiger partial charge in [-0.2, -0.15) is 0 Å². The number of esters is 1. The first-order chi connectivity index (χ1) is 12.8. The van der Waals surface area contributed by atoms with Crippen LogP contribution in [0.1, 0.15) is 12.5 Å². The summed E-state index contributed by atoms with van der Waals surface area (Å²) in [5, 5.41) is 2.99. The zero-order valence-corrected chi connectivity index (χ0v) is 16.8. The van der Waals surface area contributed by atoms with Gasteiger partial charge in [-0.25, -0.2) is 9.18 Å². The first kappa shape index (κ1) is 20.9. The molecule has 27 heavy (non-hydrogen) atoms. The van der Waals surface area contributed by atoms with Crippen LogP contribution < -0.4 is 10.1 Å². The van der Waals surface area contributed by atoms with E-state index < -0.39 is 23.8 Å². The molecular formula is C19H16BrClFNO4. The number of hydrogen-bond donors (Lipinski definition) is 1. The molecule has 8 heteroatoms. The summed E-state index contributed by atoms with van der Waals surface area (Å²) in [6.07, 6.45) is 1.24. The molecule has 0 aliphatic rings. The smallest absolute Gasteiger partial charge is 0.331 e. The normalized spacial score (nSPS) is 11.9. The van der Waals surface area contributed by atoms with E-state index in [2.05, 4.69) is 21.2 Å². The molecule has 0 aromatic heterocycles. The van der Waals surface area contributed by atoms with Crippen LogP contribution in [0.25, 0.3) is 6.08 Å². The molecule has 0 fully saturated rings. The quantitative estimate of drug-likeness (QED) is 0.499. The van der Waals surface area contributed by atoms with Crippen molar-refractivity contribution >= 4 is 51.2 Å². The van der Waals surface area contributed by atoms with Crippen molar-refractivity contribution in [1.29, 1.82) is 0 Å². The predicted molar refractivity (Wildman–Crippen MR) is 105 cm³/mol. The van der Waals surface area contributed by atoms with Crippen LogP contribution >= 0.6 is 27.5 Å². The van der Waals surface area contributed by atoms with Crippen LogP contribution in [-0.2, 0) is 14.3 Å². The second-order valence-corrected chi connectivity index (χ2v) is 6.76. The fourth-order valence-electron chi connectivity index (χ4n) is 2.08. The van der Waals surface area contributed by atoms with E-state index in [1.54, 1.807) is 18.2 Å². The number of ether oxygens (including phenoxy) is 2. The van der Waals surface area contributed by atoms with Gasteiger partial charge >= 0.3 is 5.97 Å². The molecule has 0 bridgehead atoms. The molecular weight excluding hydrogens is 441 g/mol. The van der Waals surface area contributed by atoms with Crippen LogP contribution in [0.4, 0.5) is 10.1 Å². The Morgan fingerprint density at radius 3 is 2.70 bits per heavy atom. The molecule has 1 atom stereocenters. The lowest BCUT2D eigenvalue weighted by Crippen LogP contribution is -2.29. The van der Waals surface area contributed by atoms with Gasteiger partial charge in [0.05, 0.1) is 12.8 Å². The minimum absolute atomic E-state index is 0.210. The average molecular weight is 457 g/mol. The van der Waals surface area contributed by atoms with Crippen LogP contribution in [0.15, 0.2) is 46.9 Å². The van der Waals surface area contributed by atoms with Gasteiger partial charge in [0.1, 0.15) is 11.6 Å². The van der Waals surface area contributed by atoms with Crippen LogP contribution in [0.5, 0.6) is 5.75 Å². The highest BCUT2D eigenvalue weighted by Crippen LogP contribution is 2.27. The Kier molecular flexibility index (Phi) is 7.38. The standard InChI is InChI=1S/C19H16BrClFNO4/c1-11(19(25)23-16-10-14(21)5-7-17(16)26-2)27-18(24)8-3-12-9-13(20)4-6-15(12)22/h3-11H,1-2H3,(H,23,25)/b8-3+. The molecule has 0 heterocycles. The van der Waals surface area contributed by atoms with Gasteiger partial charge in [0.15, 0.2) is 6.10 Å². The lowest BCUT2D eigenvalue weighted by molar-refractivity contribution is -0.148. The van der Waals surface area contributed by atoms with Gasteiger partial charge in [-0.15, -0.1) is 0 Å². The molecule has 0 spiro atoms. The summed E-state index contributed by atoms with van der Waals surface area (Å²) in [7, 11) is 1.45. The average Bonchev–Trinajstić information content (AvgIpc) is 2.62. The minimum Gasteiger partial charge on any atom is -0.495 e. The van der Waals surface area contributed by atoms with Crippen LogP contribution in [0.3, 0.4) is 0 Å². The monoisotopic (exact) mass is 455 g/mol. The highest BCUT2D eigenvalue weighted by atomic mass is 79.9. The summed E-state index contributed by atoms with van der Waals surface area (Å²) in [5.74, 6) is -1.42. The fraction of sp³-hybridized carbons (Fsp3) is 0.158. The number of carbonyl (C=O) groups excluding carboxylic acids is 2. The summed E-state index contributed by atoms with van der Waals surface area (Å²) in [6, 6.07) is 9.06. The van der Waals surface area contributed by atoms with E-state index in [0.29, 0.717) is 20.9 Å². The summed E-state index contributed by atoms with van der Waals surface area (Å²) < 4.78 is 24.5. The van der Waals surface area contributed by atoms with Crippen LogP contribution in [0, 0.1) is 5.82 Å². The number of methoxy groups -OCH3 is 1. The predicted octanol–water partition coefficient (Wildman–Crippen LogP) is 4.83. The van der Waals surface area contributed by atoms with Crippen LogP contribution in [-0.4, -0.2) is 25.1 Å². The molecule has 0 aliphatic heterocycles. The second kappa shape index (κ2) is 9.53. The maximum atomic E-state index is 13.6. The summed E-state index contributed by atoms with van der Waals surface area (Å²) >= 11 is 9.13. The lowest BCUT2D eigenvalue weighted by atomic mass is 10.2. The van der Waals surface area contributed by atoms with Gasteiger partial charge in [-0.1, -0.05) is 27.5 Å². The van der Waals surface area contributed by atoms with E-state index in [4.69, 9.17) is 21.1 Å². The number of halogens is 3. The Hall–Kier alpha value is -2.38. The van der Waals surface area contributed by atoms with Crippen molar-refractivity contribution in [1.82, 2.24) is 0 Å². The molecule has 0 saturated carbocycles. The number of anilines is 1. The lowest BCUT2D eigenvalue weighted by Gasteiger charge is -2.14. The molecule has 2 aromatic carbocycles. The first-order valence-electron chi connectivity index (χ1n) is 7.78. The maximum Gasteiger partial charge on any atom is 0.331 e. The Balaban J connectivity index is 1.99. The molecule has 5 nitrogen and oxygen atoms in total. The number of nitrogens with one attached hydrogen (secondary N) is 1. The second-order valence-electron chi connectivity index (χ2n) is 5.41. The van der Waals surface area contributed by atoms with Crippen molar-refractivity contribution in [3.05, 3.63) is 63.4 Å². The molecule has 0 saturated heterocycles. The van der Waals surface area contributed by atoms with E-state index in [1.165, 1.54) is 38.3 Å². The van der Waals surface area contributed by atoms with E-state index in [1.807, 2.05) is 0 Å².